The second kappa shape index (κ2) is 4.32. The van der Waals surface area contributed by atoms with E-state index in [1.807, 2.05) is 13.2 Å². The van der Waals surface area contributed by atoms with Crippen LogP contribution in [0.25, 0.3) is 0 Å². The lowest BCUT2D eigenvalue weighted by atomic mass is 9.77. The van der Waals surface area contributed by atoms with Crippen LogP contribution >= 0.6 is 0 Å². The Balaban J connectivity index is 2.54. The molecule has 88 valence electrons. The predicted molar refractivity (Wildman–Crippen MR) is 68.7 cm³/mol. The molecule has 3 N–H and O–H groups in total. The summed E-state index contributed by atoms with van der Waals surface area (Å²) in [6.07, 6.45) is 5.48. The monoisotopic (exact) mass is 219 g/mol. The molecule has 3 heteroatoms. The second-order valence-electron chi connectivity index (χ2n) is 4.94. The van der Waals surface area contributed by atoms with Gasteiger partial charge < -0.3 is 11.1 Å². The van der Waals surface area contributed by atoms with Crippen LogP contribution < -0.4 is 11.1 Å². The van der Waals surface area contributed by atoms with E-state index in [1.54, 1.807) is 0 Å². The first-order valence-electron chi connectivity index (χ1n) is 6.10. The third-order valence-electron chi connectivity index (χ3n) is 3.65. The number of nitrogens with zero attached hydrogens (tertiary/aromatic N) is 1. The summed E-state index contributed by atoms with van der Waals surface area (Å²) in [5.74, 6) is 1.94. The maximum absolute atomic E-state index is 6.05. The van der Waals surface area contributed by atoms with Crippen molar-refractivity contribution >= 4 is 11.5 Å². The molecule has 1 aliphatic rings. The summed E-state index contributed by atoms with van der Waals surface area (Å²) in [6, 6.07) is 0. The van der Waals surface area contributed by atoms with E-state index < -0.39 is 0 Å². The van der Waals surface area contributed by atoms with Crippen LogP contribution in [-0.4, -0.2) is 12.0 Å². The molecule has 1 aromatic rings. The molecule has 3 nitrogen and oxygen atoms in total. The minimum atomic E-state index is 0.574. The van der Waals surface area contributed by atoms with E-state index in [1.165, 1.54) is 24.0 Å². The highest BCUT2D eigenvalue weighted by Gasteiger charge is 2.27. The molecule has 0 aliphatic heterocycles. The van der Waals surface area contributed by atoms with Crippen LogP contribution in [0.1, 0.15) is 43.7 Å². The van der Waals surface area contributed by atoms with Crippen molar-refractivity contribution in [2.45, 2.75) is 39.0 Å². The molecule has 0 radical (unpaired) electrons. The number of rotatable bonds is 2. The topological polar surface area (TPSA) is 50.9 Å². The molecule has 0 aromatic carbocycles. The first-order chi connectivity index (χ1) is 7.65. The lowest BCUT2D eigenvalue weighted by molar-refractivity contribution is 0.434. The zero-order valence-electron chi connectivity index (χ0n) is 10.4. The van der Waals surface area contributed by atoms with Crippen LogP contribution in [0.4, 0.5) is 11.5 Å². The Morgan fingerprint density at radius 3 is 2.88 bits per heavy atom. The zero-order chi connectivity index (χ0) is 11.7. The molecule has 16 heavy (non-hydrogen) atoms. The standard InChI is InChI=1S/C13H21N3/c1-8(2)9-5-4-6-10-11(15-3)7-16-13(14)12(9)10/h7-9,15H,4-6H2,1-3H3,(H2,14,16). The van der Waals surface area contributed by atoms with Crippen molar-refractivity contribution in [2.75, 3.05) is 18.1 Å². The SMILES string of the molecule is CNc1cnc(N)c2c1CCCC2C(C)C. The van der Waals surface area contributed by atoms with Crippen LogP contribution in [0.15, 0.2) is 6.20 Å². The van der Waals surface area contributed by atoms with Gasteiger partial charge in [-0.05, 0) is 36.7 Å². The van der Waals surface area contributed by atoms with Gasteiger partial charge in [-0.1, -0.05) is 13.8 Å². The molecule has 0 fully saturated rings. The summed E-state index contributed by atoms with van der Waals surface area (Å²) in [5.41, 5.74) is 9.89. The van der Waals surface area contributed by atoms with Gasteiger partial charge in [0.15, 0.2) is 0 Å². The quantitative estimate of drug-likeness (QED) is 0.804. The molecule has 1 atom stereocenters. The summed E-state index contributed by atoms with van der Waals surface area (Å²) < 4.78 is 0. The van der Waals surface area contributed by atoms with Gasteiger partial charge in [-0.3, -0.25) is 0 Å². The third kappa shape index (κ3) is 1.75. The summed E-state index contributed by atoms with van der Waals surface area (Å²) in [7, 11) is 1.95. The number of fused-ring (bicyclic) bond motifs is 1. The van der Waals surface area contributed by atoms with E-state index in [9.17, 15) is 0 Å². The summed E-state index contributed by atoms with van der Waals surface area (Å²) >= 11 is 0. The number of hydrogen-bond acceptors (Lipinski definition) is 3. The number of hydrogen-bond donors (Lipinski definition) is 2. The molecular weight excluding hydrogens is 198 g/mol. The van der Waals surface area contributed by atoms with Gasteiger partial charge >= 0.3 is 0 Å². The molecular formula is C13H21N3. The number of pyridine rings is 1. The fourth-order valence-electron chi connectivity index (χ4n) is 2.79. The number of nitrogens with two attached hydrogens (primary N) is 1. The molecule has 2 rings (SSSR count). The first-order valence-corrected chi connectivity index (χ1v) is 6.10. The van der Waals surface area contributed by atoms with Crippen molar-refractivity contribution in [2.24, 2.45) is 5.92 Å². The maximum atomic E-state index is 6.05. The third-order valence-corrected chi connectivity index (χ3v) is 3.65. The van der Waals surface area contributed by atoms with E-state index in [0.29, 0.717) is 11.8 Å². The van der Waals surface area contributed by atoms with E-state index >= 15 is 0 Å². The molecule has 1 unspecified atom stereocenters. The van der Waals surface area contributed by atoms with Crippen molar-refractivity contribution in [3.05, 3.63) is 17.3 Å². The molecule has 0 saturated carbocycles. The van der Waals surface area contributed by atoms with Gasteiger partial charge in [0.05, 0.1) is 11.9 Å². The molecule has 0 saturated heterocycles. The van der Waals surface area contributed by atoms with Crippen LogP contribution in [-0.2, 0) is 6.42 Å². The Hall–Kier alpha value is -1.25. The molecule has 0 bridgehead atoms. The normalized spacial score (nSPS) is 19.6. The van der Waals surface area contributed by atoms with Crippen LogP contribution in [0.3, 0.4) is 0 Å². The molecule has 1 heterocycles. The number of nitrogens with one attached hydrogen (secondary N) is 1. The largest absolute Gasteiger partial charge is 0.387 e. The number of nitrogen functional groups attached to an aromatic ring is 1. The lowest BCUT2D eigenvalue weighted by Crippen LogP contribution is -2.19. The number of anilines is 2. The van der Waals surface area contributed by atoms with Crippen molar-refractivity contribution in [1.29, 1.82) is 0 Å². The average Bonchev–Trinajstić information content (AvgIpc) is 2.29. The van der Waals surface area contributed by atoms with Gasteiger partial charge in [-0.15, -0.1) is 0 Å². The first kappa shape index (κ1) is 11.2. The van der Waals surface area contributed by atoms with Crippen LogP contribution in [0.2, 0.25) is 0 Å². The maximum Gasteiger partial charge on any atom is 0.127 e. The van der Waals surface area contributed by atoms with Gasteiger partial charge in [-0.2, -0.15) is 0 Å². The van der Waals surface area contributed by atoms with E-state index in [0.717, 1.165) is 17.9 Å². The van der Waals surface area contributed by atoms with E-state index in [-0.39, 0.29) is 0 Å². The van der Waals surface area contributed by atoms with E-state index in [2.05, 4.69) is 24.1 Å². The van der Waals surface area contributed by atoms with Gasteiger partial charge in [-0.25, -0.2) is 4.98 Å². The smallest absolute Gasteiger partial charge is 0.127 e. The second-order valence-corrected chi connectivity index (χ2v) is 4.94. The number of aromatic nitrogens is 1. The Morgan fingerprint density at radius 1 is 1.50 bits per heavy atom. The Labute approximate surface area is 97.5 Å². The van der Waals surface area contributed by atoms with Crippen molar-refractivity contribution in [1.82, 2.24) is 4.98 Å². The van der Waals surface area contributed by atoms with Gasteiger partial charge in [0, 0.05) is 12.6 Å². The minimum Gasteiger partial charge on any atom is -0.387 e. The molecule has 0 amide bonds. The summed E-state index contributed by atoms with van der Waals surface area (Å²) in [4.78, 5) is 4.31. The predicted octanol–water partition coefficient (Wildman–Crippen LogP) is 2.78. The van der Waals surface area contributed by atoms with Crippen LogP contribution in [0, 0.1) is 5.92 Å². The lowest BCUT2D eigenvalue weighted by Gasteiger charge is -2.30. The van der Waals surface area contributed by atoms with Crippen molar-refractivity contribution in [3.63, 3.8) is 0 Å². The Morgan fingerprint density at radius 2 is 2.25 bits per heavy atom. The Kier molecular flexibility index (Phi) is 3.03. The van der Waals surface area contributed by atoms with Crippen molar-refractivity contribution in [3.8, 4) is 0 Å². The molecule has 0 spiro atoms. The summed E-state index contributed by atoms with van der Waals surface area (Å²) in [5, 5.41) is 3.22. The fraction of sp³-hybridized carbons (Fsp3) is 0.615. The van der Waals surface area contributed by atoms with Gasteiger partial charge in [0.25, 0.3) is 0 Å². The average molecular weight is 219 g/mol. The molecule has 1 aromatic heterocycles. The summed E-state index contributed by atoms with van der Waals surface area (Å²) in [6.45, 7) is 4.54. The van der Waals surface area contributed by atoms with Gasteiger partial charge in [0.1, 0.15) is 5.82 Å². The van der Waals surface area contributed by atoms with Gasteiger partial charge in [0.2, 0.25) is 0 Å². The highest BCUT2D eigenvalue weighted by atomic mass is 14.9. The van der Waals surface area contributed by atoms with Crippen molar-refractivity contribution < 1.29 is 0 Å². The zero-order valence-corrected chi connectivity index (χ0v) is 10.4. The highest BCUT2D eigenvalue weighted by Crippen LogP contribution is 2.41. The van der Waals surface area contributed by atoms with E-state index in [4.69, 9.17) is 5.73 Å². The van der Waals surface area contributed by atoms with Crippen LogP contribution in [0.5, 0.6) is 0 Å². The minimum absolute atomic E-state index is 0.574. The molecule has 1 aliphatic carbocycles. The fourth-order valence-corrected chi connectivity index (χ4v) is 2.79. The highest BCUT2D eigenvalue weighted by molar-refractivity contribution is 5.61. The Bertz CT molecular complexity index is 385.